The summed E-state index contributed by atoms with van der Waals surface area (Å²) in [4.78, 5) is 13.2. The topological polar surface area (TPSA) is 75.7 Å². The van der Waals surface area contributed by atoms with Crippen LogP contribution < -0.4 is 5.32 Å². The van der Waals surface area contributed by atoms with Gasteiger partial charge in [0.15, 0.2) is 0 Å². The lowest BCUT2D eigenvalue weighted by atomic mass is 9.95. The molecule has 1 N–H and O–H groups in total. The number of morpholine rings is 1. The van der Waals surface area contributed by atoms with E-state index in [2.05, 4.69) is 5.32 Å². The minimum Gasteiger partial charge on any atom is -0.379 e. The summed E-state index contributed by atoms with van der Waals surface area (Å²) in [6, 6.07) is 11.8. The Hall–Kier alpha value is -1.93. The van der Waals surface area contributed by atoms with Crippen molar-refractivity contribution < 1.29 is 17.9 Å². The third-order valence-corrected chi connectivity index (χ3v) is 7.39. The molecule has 30 heavy (non-hydrogen) atoms. The number of nitrogens with one attached hydrogen (secondary N) is 1. The molecule has 162 valence electrons. The third kappa shape index (κ3) is 5.03. The van der Waals surface area contributed by atoms with Crippen molar-refractivity contribution in [1.29, 1.82) is 0 Å². The molecule has 6 nitrogen and oxygen atoms in total. The van der Waals surface area contributed by atoms with E-state index in [0.717, 1.165) is 5.56 Å². The van der Waals surface area contributed by atoms with Crippen LogP contribution in [0.2, 0.25) is 5.02 Å². The van der Waals surface area contributed by atoms with Crippen LogP contribution in [0, 0.1) is 12.8 Å². The molecule has 2 aromatic carbocycles. The van der Waals surface area contributed by atoms with E-state index in [0.29, 0.717) is 42.5 Å². The predicted octanol–water partition coefficient (Wildman–Crippen LogP) is 3.80. The summed E-state index contributed by atoms with van der Waals surface area (Å²) in [6.45, 7) is 7.20. The summed E-state index contributed by atoms with van der Waals surface area (Å²) < 4.78 is 32.6. The Morgan fingerprint density at radius 2 is 1.73 bits per heavy atom. The Bertz CT molecular complexity index is 1000. The second-order valence-corrected chi connectivity index (χ2v) is 10.1. The van der Waals surface area contributed by atoms with Crippen LogP contribution in [0.5, 0.6) is 0 Å². The molecular formula is C22H27ClN2O4S. The fourth-order valence-electron chi connectivity index (χ4n) is 3.47. The van der Waals surface area contributed by atoms with Gasteiger partial charge in [-0.25, -0.2) is 8.42 Å². The van der Waals surface area contributed by atoms with Gasteiger partial charge in [0.05, 0.1) is 24.2 Å². The molecule has 1 atom stereocenters. The van der Waals surface area contributed by atoms with Crippen molar-refractivity contribution in [1.82, 2.24) is 9.62 Å². The summed E-state index contributed by atoms with van der Waals surface area (Å²) in [6.07, 6.45) is 0. The zero-order chi connectivity index (χ0) is 21.9. The van der Waals surface area contributed by atoms with Crippen LogP contribution in [-0.2, 0) is 14.8 Å². The molecule has 1 unspecified atom stereocenters. The fourth-order valence-corrected chi connectivity index (χ4v) is 5.03. The van der Waals surface area contributed by atoms with Gasteiger partial charge in [0.25, 0.3) is 5.91 Å². The third-order valence-electron chi connectivity index (χ3n) is 5.24. The van der Waals surface area contributed by atoms with E-state index in [1.54, 1.807) is 31.2 Å². The van der Waals surface area contributed by atoms with Gasteiger partial charge in [-0.05, 0) is 48.2 Å². The van der Waals surface area contributed by atoms with Crippen molar-refractivity contribution in [2.75, 3.05) is 26.3 Å². The molecule has 8 heteroatoms. The quantitative estimate of drug-likeness (QED) is 0.726. The van der Waals surface area contributed by atoms with E-state index in [1.807, 2.05) is 26.0 Å². The van der Waals surface area contributed by atoms with Crippen LogP contribution in [0.1, 0.15) is 41.4 Å². The molecule has 0 aliphatic carbocycles. The van der Waals surface area contributed by atoms with Gasteiger partial charge in [-0.2, -0.15) is 4.31 Å². The average Bonchev–Trinajstić information content (AvgIpc) is 2.73. The molecule has 1 saturated heterocycles. The first kappa shape index (κ1) is 22.7. The van der Waals surface area contributed by atoms with Gasteiger partial charge in [-0.15, -0.1) is 0 Å². The molecule has 2 aromatic rings. The highest BCUT2D eigenvalue weighted by molar-refractivity contribution is 7.89. The second-order valence-electron chi connectivity index (χ2n) is 7.74. The largest absolute Gasteiger partial charge is 0.379 e. The summed E-state index contributed by atoms with van der Waals surface area (Å²) in [5.41, 5.74) is 2.01. The van der Waals surface area contributed by atoms with E-state index >= 15 is 0 Å². The molecule has 0 aromatic heterocycles. The first-order valence-electron chi connectivity index (χ1n) is 9.95. The van der Waals surface area contributed by atoms with E-state index in [-0.39, 0.29) is 22.8 Å². The van der Waals surface area contributed by atoms with E-state index in [1.165, 1.54) is 10.4 Å². The highest BCUT2D eigenvalue weighted by atomic mass is 35.5. The Morgan fingerprint density at radius 1 is 1.10 bits per heavy atom. The highest BCUT2D eigenvalue weighted by Crippen LogP contribution is 2.25. The van der Waals surface area contributed by atoms with Crippen molar-refractivity contribution >= 4 is 27.5 Å². The number of ether oxygens (including phenoxy) is 1. The number of benzene rings is 2. The first-order valence-corrected chi connectivity index (χ1v) is 11.8. The number of sulfonamides is 1. The monoisotopic (exact) mass is 450 g/mol. The molecule has 0 spiro atoms. The maximum Gasteiger partial charge on any atom is 0.252 e. The van der Waals surface area contributed by atoms with Gasteiger partial charge in [0, 0.05) is 23.7 Å². The zero-order valence-electron chi connectivity index (χ0n) is 17.4. The molecule has 1 heterocycles. The smallest absolute Gasteiger partial charge is 0.252 e. The second kappa shape index (κ2) is 9.47. The van der Waals surface area contributed by atoms with Crippen LogP contribution in [0.3, 0.4) is 0 Å². The number of carbonyl (C=O) groups excluding carboxylic acids is 1. The molecule has 0 bridgehead atoms. The predicted molar refractivity (Wildman–Crippen MR) is 117 cm³/mol. The van der Waals surface area contributed by atoms with Crippen LogP contribution in [0.25, 0.3) is 0 Å². The Kier molecular flexibility index (Phi) is 7.18. The van der Waals surface area contributed by atoms with E-state index in [9.17, 15) is 13.2 Å². The van der Waals surface area contributed by atoms with Crippen LogP contribution in [0.15, 0.2) is 47.4 Å². The maximum absolute atomic E-state index is 13.1. The minimum atomic E-state index is -3.68. The van der Waals surface area contributed by atoms with Gasteiger partial charge in [-0.3, -0.25) is 4.79 Å². The lowest BCUT2D eigenvalue weighted by Gasteiger charge is -2.26. The van der Waals surface area contributed by atoms with Crippen LogP contribution in [0.4, 0.5) is 0 Å². The van der Waals surface area contributed by atoms with E-state index < -0.39 is 10.0 Å². The molecule has 1 aliphatic heterocycles. The van der Waals surface area contributed by atoms with Gasteiger partial charge >= 0.3 is 0 Å². The number of rotatable bonds is 6. The van der Waals surface area contributed by atoms with Crippen molar-refractivity contribution in [3.63, 3.8) is 0 Å². The molecule has 1 fully saturated rings. The Labute approximate surface area is 183 Å². The zero-order valence-corrected chi connectivity index (χ0v) is 19.0. The number of carbonyl (C=O) groups is 1. The Morgan fingerprint density at radius 3 is 2.33 bits per heavy atom. The molecule has 1 amide bonds. The van der Waals surface area contributed by atoms with Crippen molar-refractivity contribution in [2.45, 2.75) is 31.7 Å². The SMILES string of the molecule is Cc1ccc(S(=O)(=O)N2CCOCC2)cc1C(=O)NC(c1ccc(Cl)cc1)C(C)C. The minimum absolute atomic E-state index is 0.118. The number of nitrogens with zero attached hydrogens (tertiary/aromatic N) is 1. The first-order chi connectivity index (χ1) is 14.2. The van der Waals surface area contributed by atoms with Crippen LogP contribution in [-0.4, -0.2) is 44.9 Å². The lowest BCUT2D eigenvalue weighted by molar-refractivity contribution is 0.0730. The summed E-state index contributed by atoms with van der Waals surface area (Å²) in [7, 11) is -3.68. The molecule has 1 aliphatic rings. The van der Waals surface area contributed by atoms with Gasteiger partial charge in [0.2, 0.25) is 10.0 Å². The standard InChI is InChI=1S/C22H27ClN2O4S/c1-15(2)21(17-5-7-18(23)8-6-17)24-22(26)20-14-19(9-4-16(20)3)30(27,28)25-10-12-29-13-11-25/h4-9,14-15,21H,10-13H2,1-3H3,(H,24,26). The molecule has 0 radical (unpaired) electrons. The normalized spacial score (nSPS) is 16.4. The summed E-state index contributed by atoms with van der Waals surface area (Å²) in [5.74, 6) is -0.170. The van der Waals surface area contributed by atoms with Crippen molar-refractivity contribution in [3.8, 4) is 0 Å². The lowest BCUT2D eigenvalue weighted by Crippen LogP contribution is -2.40. The average molecular weight is 451 g/mol. The number of amides is 1. The molecule has 0 saturated carbocycles. The summed E-state index contributed by atoms with van der Waals surface area (Å²) in [5, 5.41) is 3.69. The number of aryl methyl sites for hydroxylation is 1. The number of hydrogen-bond acceptors (Lipinski definition) is 4. The molecular weight excluding hydrogens is 424 g/mol. The fraction of sp³-hybridized carbons (Fsp3) is 0.409. The van der Waals surface area contributed by atoms with Gasteiger partial charge in [-0.1, -0.05) is 43.6 Å². The van der Waals surface area contributed by atoms with Gasteiger partial charge < -0.3 is 10.1 Å². The maximum atomic E-state index is 13.1. The van der Waals surface area contributed by atoms with Crippen LogP contribution >= 0.6 is 11.6 Å². The van der Waals surface area contributed by atoms with Crippen molar-refractivity contribution in [2.24, 2.45) is 5.92 Å². The Balaban J connectivity index is 1.88. The highest BCUT2D eigenvalue weighted by Gasteiger charge is 2.28. The number of hydrogen-bond donors (Lipinski definition) is 1. The molecule has 3 rings (SSSR count). The number of halogens is 1. The van der Waals surface area contributed by atoms with E-state index in [4.69, 9.17) is 16.3 Å². The van der Waals surface area contributed by atoms with Crippen molar-refractivity contribution in [3.05, 3.63) is 64.2 Å². The summed E-state index contributed by atoms with van der Waals surface area (Å²) >= 11 is 5.99. The van der Waals surface area contributed by atoms with Gasteiger partial charge in [0.1, 0.15) is 0 Å².